The van der Waals surface area contributed by atoms with Crippen molar-refractivity contribution in [1.82, 2.24) is 0 Å². The number of halogens is 1. The number of nitrogens with zero attached hydrogens (tertiary/aromatic N) is 1. The zero-order valence-corrected chi connectivity index (χ0v) is 15.3. The van der Waals surface area contributed by atoms with Gasteiger partial charge in [-0.3, -0.25) is 4.79 Å². The molecule has 2 aromatic carbocycles. The van der Waals surface area contributed by atoms with Gasteiger partial charge in [0.1, 0.15) is 5.75 Å². The van der Waals surface area contributed by atoms with E-state index in [2.05, 4.69) is 0 Å². The minimum Gasteiger partial charge on any atom is -0.488 e. The van der Waals surface area contributed by atoms with Crippen molar-refractivity contribution in [3.8, 4) is 5.75 Å². The summed E-state index contributed by atoms with van der Waals surface area (Å²) in [5, 5.41) is 0.694. The number of carbonyl (C=O) groups excluding carboxylic acids is 1. The number of hydrogen-bond donors (Lipinski definition) is 0. The number of carbonyl (C=O) groups is 1. The fourth-order valence-electron chi connectivity index (χ4n) is 3.28. The van der Waals surface area contributed by atoms with Gasteiger partial charge in [-0.1, -0.05) is 42.3 Å². The third-order valence-corrected chi connectivity index (χ3v) is 4.89. The Kier molecular flexibility index (Phi) is 5.98. The Morgan fingerprint density at radius 2 is 1.76 bits per heavy atom. The average molecular weight is 358 g/mol. The zero-order chi connectivity index (χ0) is 17.6. The first-order valence-electron chi connectivity index (χ1n) is 8.92. The third-order valence-electron chi connectivity index (χ3n) is 4.64. The van der Waals surface area contributed by atoms with E-state index in [0.717, 1.165) is 29.8 Å². The predicted octanol–water partition coefficient (Wildman–Crippen LogP) is 5.60. The van der Waals surface area contributed by atoms with Crippen molar-refractivity contribution in [3.05, 3.63) is 59.1 Å². The van der Waals surface area contributed by atoms with Crippen molar-refractivity contribution in [1.29, 1.82) is 0 Å². The number of rotatable bonds is 5. The predicted molar refractivity (Wildman–Crippen MR) is 102 cm³/mol. The highest BCUT2D eigenvalue weighted by molar-refractivity contribution is 6.30. The molecule has 25 heavy (non-hydrogen) atoms. The Morgan fingerprint density at radius 1 is 1.08 bits per heavy atom. The second kappa shape index (κ2) is 8.39. The van der Waals surface area contributed by atoms with Gasteiger partial charge < -0.3 is 9.64 Å². The monoisotopic (exact) mass is 357 g/mol. The van der Waals surface area contributed by atoms with Gasteiger partial charge in [-0.05, 0) is 55.5 Å². The van der Waals surface area contributed by atoms with Crippen LogP contribution in [0.5, 0.6) is 5.75 Å². The molecule has 0 aromatic heterocycles. The molecule has 0 N–H and O–H groups in total. The van der Waals surface area contributed by atoms with Crippen LogP contribution in [0.25, 0.3) is 0 Å². The molecule has 0 atom stereocenters. The van der Waals surface area contributed by atoms with Crippen LogP contribution in [0.1, 0.15) is 44.6 Å². The molecular weight excluding hydrogens is 334 g/mol. The molecule has 4 heteroatoms. The molecule has 0 bridgehead atoms. The second-order valence-corrected chi connectivity index (χ2v) is 7.01. The van der Waals surface area contributed by atoms with E-state index in [1.54, 1.807) is 11.8 Å². The number of benzene rings is 2. The van der Waals surface area contributed by atoms with Crippen molar-refractivity contribution < 1.29 is 9.53 Å². The number of amides is 1. The SMILES string of the molecule is CC(=O)N(Cc1ccc(Cl)cc1)c1ccccc1OC1CCCCC1. The number of hydrogen-bond acceptors (Lipinski definition) is 2. The van der Waals surface area contributed by atoms with Gasteiger partial charge in [-0.25, -0.2) is 0 Å². The Hall–Kier alpha value is -2.00. The molecule has 0 unspecified atom stereocenters. The summed E-state index contributed by atoms with van der Waals surface area (Å²) in [7, 11) is 0. The normalized spacial score (nSPS) is 15.0. The van der Waals surface area contributed by atoms with Crippen molar-refractivity contribution >= 4 is 23.2 Å². The van der Waals surface area contributed by atoms with Crippen LogP contribution >= 0.6 is 11.6 Å². The third kappa shape index (κ3) is 4.76. The van der Waals surface area contributed by atoms with Crippen molar-refractivity contribution in [3.63, 3.8) is 0 Å². The molecule has 0 radical (unpaired) electrons. The molecule has 1 amide bonds. The van der Waals surface area contributed by atoms with Crippen molar-refractivity contribution in [2.45, 2.75) is 51.7 Å². The van der Waals surface area contributed by atoms with E-state index >= 15 is 0 Å². The van der Waals surface area contributed by atoms with E-state index in [-0.39, 0.29) is 12.0 Å². The summed E-state index contributed by atoms with van der Waals surface area (Å²) in [6.07, 6.45) is 6.15. The van der Waals surface area contributed by atoms with E-state index in [4.69, 9.17) is 16.3 Å². The van der Waals surface area contributed by atoms with Crippen LogP contribution in [-0.2, 0) is 11.3 Å². The lowest BCUT2D eigenvalue weighted by atomic mass is 9.98. The highest BCUT2D eigenvalue weighted by atomic mass is 35.5. The lowest BCUT2D eigenvalue weighted by Gasteiger charge is -2.28. The summed E-state index contributed by atoms with van der Waals surface area (Å²) >= 11 is 5.96. The first-order valence-corrected chi connectivity index (χ1v) is 9.29. The molecule has 3 rings (SSSR count). The summed E-state index contributed by atoms with van der Waals surface area (Å²) in [6, 6.07) is 15.4. The smallest absolute Gasteiger partial charge is 0.224 e. The molecule has 0 spiro atoms. The Labute approximate surface area is 154 Å². The second-order valence-electron chi connectivity index (χ2n) is 6.58. The number of para-hydroxylation sites is 2. The first-order chi connectivity index (χ1) is 12.1. The topological polar surface area (TPSA) is 29.5 Å². The summed E-state index contributed by atoms with van der Waals surface area (Å²) in [6.45, 7) is 2.09. The summed E-state index contributed by atoms with van der Waals surface area (Å²) in [5.74, 6) is 0.785. The van der Waals surface area contributed by atoms with Crippen molar-refractivity contribution in [2.24, 2.45) is 0 Å². The molecule has 3 nitrogen and oxygen atoms in total. The molecule has 1 aliphatic rings. The van der Waals surface area contributed by atoms with Crippen LogP contribution in [0.3, 0.4) is 0 Å². The highest BCUT2D eigenvalue weighted by Crippen LogP contribution is 2.33. The van der Waals surface area contributed by atoms with Gasteiger partial charge in [0.2, 0.25) is 5.91 Å². The van der Waals surface area contributed by atoms with Gasteiger partial charge in [0.15, 0.2) is 0 Å². The highest BCUT2D eigenvalue weighted by Gasteiger charge is 2.20. The molecular formula is C21H24ClNO2. The largest absolute Gasteiger partial charge is 0.488 e. The average Bonchev–Trinajstić information content (AvgIpc) is 2.63. The molecule has 132 valence electrons. The molecule has 0 aliphatic heterocycles. The summed E-state index contributed by atoms with van der Waals surface area (Å²) in [5.41, 5.74) is 1.86. The molecule has 0 heterocycles. The fraction of sp³-hybridized carbons (Fsp3) is 0.381. The van der Waals surface area contributed by atoms with Crippen molar-refractivity contribution in [2.75, 3.05) is 4.90 Å². The lowest BCUT2D eigenvalue weighted by molar-refractivity contribution is -0.116. The molecule has 0 saturated heterocycles. The van der Waals surface area contributed by atoms with Gasteiger partial charge in [0.25, 0.3) is 0 Å². The van der Waals surface area contributed by atoms with E-state index < -0.39 is 0 Å². The minimum atomic E-state index is -0.00496. The lowest BCUT2D eigenvalue weighted by Crippen LogP contribution is -2.29. The van der Waals surface area contributed by atoms with Gasteiger partial charge in [-0.2, -0.15) is 0 Å². The van der Waals surface area contributed by atoms with E-state index in [1.165, 1.54) is 19.3 Å². The van der Waals surface area contributed by atoms with Gasteiger partial charge in [0, 0.05) is 11.9 Å². The number of anilines is 1. The molecule has 1 aliphatic carbocycles. The standard InChI is InChI=1S/C21H24ClNO2/c1-16(24)23(15-17-11-13-18(22)14-12-17)20-9-5-6-10-21(20)25-19-7-3-2-4-8-19/h5-6,9-14,19H,2-4,7-8,15H2,1H3. The Morgan fingerprint density at radius 3 is 2.44 bits per heavy atom. The van der Waals surface area contributed by atoms with E-state index in [1.807, 2.05) is 48.5 Å². The van der Waals surface area contributed by atoms with Gasteiger partial charge in [-0.15, -0.1) is 0 Å². The molecule has 2 aromatic rings. The van der Waals surface area contributed by atoms with Crippen LogP contribution in [0.4, 0.5) is 5.69 Å². The minimum absolute atomic E-state index is 0.00496. The quantitative estimate of drug-likeness (QED) is 0.696. The van der Waals surface area contributed by atoms with Crippen LogP contribution < -0.4 is 9.64 Å². The summed E-state index contributed by atoms with van der Waals surface area (Å²) in [4.78, 5) is 14.1. The van der Waals surface area contributed by atoms with E-state index in [9.17, 15) is 4.79 Å². The Bertz CT molecular complexity index is 708. The van der Waals surface area contributed by atoms with Crippen LogP contribution in [0.2, 0.25) is 5.02 Å². The van der Waals surface area contributed by atoms with Crippen LogP contribution in [0, 0.1) is 0 Å². The van der Waals surface area contributed by atoms with Gasteiger partial charge in [0.05, 0.1) is 18.3 Å². The fourth-order valence-corrected chi connectivity index (χ4v) is 3.41. The maximum absolute atomic E-state index is 12.3. The van der Waals surface area contributed by atoms with Crippen LogP contribution in [0.15, 0.2) is 48.5 Å². The van der Waals surface area contributed by atoms with E-state index in [0.29, 0.717) is 11.6 Å². The first kappa shape index (κ1) is 17.8. The Balaban J connectivity index is 1.83. The maximum Gasteiger partial charge on any atom is 0.224 e. The summed E-state index contributed by atoms with van der Waals surface area (Å²) < 4.78 is 6.26. The molecule has 1 fully saturated rings. The van der Waals surface area contributed by atoms with Crippen LogP contribution in [-0.4, -0.2) is 12.0 Å². The maximum atomic E-state index is 12.3. The zero-order valence-electron chi connectivity index (χ0n) is 14.6. The molecule has 1 saturated carbocycles. The number of ether oxygens (including phenoxy) is 1. The van der Waals surface area contributed by atoms with Gasteiger partial charge >= 0.3 is 0 Å².